The van der Waals surface area contributed by atoms with Crippen molar-refractivity contribution in [1.29, 1.82) is 0 Å². The second-order valence-electron chi connectivity index (χ2n) is 6.94. The summed E-state index contributed by atoms with van der Waals surface area (Å²) in [6.45, 7) is 4.53. The summed E-state index contributed by atoms with van der Waals surface area (Å²) >= 11 is 0. The van der Waals surface area contributed by atoms with Gasteiger partial charge in [-0.25, -0.2) is 0 Å². The molecule has 2 amide bonds. The number of rotatable bonds is 6. The second kappa shape index (κ2) is 7.99. The van der Waals surface area contributed by atoms with Crippen LogP contribution in [-0.4, -0.2) is 46.3 Å². The van der Waals surface area contributed by atoms with Crippen LogP contribution in [0.5, 0.6) is 0 Å². The molecule has 1 N–H and O–H groups in total. The smallest absolute Gasteiger partial charge is 0.249 e. The molecule has 7 heteroatoms. The Morgan fingerprint density at radius 1 is 1.36 bits per heavy atom. The summed E-state index contributed by atoms with van der Waals surface area (Å²) in [7, 11) is 1.54. The molecule has 0 bridgehead atoms. The van der Waals surface area contributed by atoms with E-state index in [9.17, 15) is 9.59 Å². The highest BCUT2D eigenvalue weighted by molar-refractivity contribution is 5.80. The highest BCUT2D eigenvalue weighted by Gasteiger charge is 2.30. The number of aromatic nitrogens is 2. The zero-order valence-electron chi connectivity index (χ0n) is 15.2. The van der Waals surface area contributed by atoms with Crippen LogP contribution >= 0.6 is 0 Å². The van der Waals surface area contributed by atoms with Gasteiger partial charge in [-0.2, -0.15) is 5.10 Å². The Morgan fingerprint density at radius 2 is 2.16 bits per heavy atom. The van der Waals surface area contributed by atoms with Crippen LogP contribution in [0, 0.1) is 5.92 Å². The van der Waals surface area contributed by atoms with Gasteiger partial charge in [0.05, 0.1) is 24.5 Å². The number of fused-ring (bicyclic) bond motifs is 1. The Kier molecular flexibility index (Phi) is 5.73. The van der Waals surface area contributed by atoms with E-state index in [0.717, 1.165) is 43.7 Å². The van der Waals surface area contributed by atoms with Crippen molar-refractivity contribution >= 4 is 11.8 Å². The standard InChI is InChI=1S/C18H28N4O3/c1-3-16(25-2)17(23)19-11-14-10-15-12-21(8-5-9-22(15)20-14)18(24)13-6-4-7-13/h10,13,16H,3-9,11-12H2,1-2H3,(H,19,23)/t16-/m0/s1. The highest BCUT2D eigenvalue weighted by Crippen LogP contribution is 2.29. The first-order valence-corrected chi connectivity index (χ1v) is 9.27. The molecule has 3 rings (SSSR count). The molecule has 1 aliphatic carbocycles. The molecular weight excluding hydrogens is 320 g/mol. The van der Waals surface area contributed by atoms with Gasteiger partial charge in [0.1, 0.15) is 6.10 Å². The summed E-state index contributed by atoms with van der Waals surface area (Å²) in [4.78, 5) is 26.5. The number of hydrogen-bond donors (Lipinski definition) is 1. The van der Waals surface area contributed by atoms with Gasteiger partial charge in [0.15, 0.2) is 0 Å². The van der Waals surface area contributed by atoms with Crippen LogP contribution in [-0.2, 0) is 34.0 Å². The molecule has 1 saturated carbocycles. The minimum Gasteiger partial charge on any atom is -0.372 e. The van der Waals surface area contributed by atoms with E-state index in [2.05, 4.69) is 10.4 Å². The topological polar surface area (TPSA) is 76.5 Å². The van der Waals surface area contributed by atoms with Crippen molar-refractivity contribution in [3.05, 3.63) is 17.5 Å². The maximum atomic E-state index is 12.5. The Bertz CT molecular complexity index is 620. The Balaban J connectivity index is 1.61. The molecule has 0 unspecified atom stereocenters. The molecule has 1 aliphatic heterocycles. The summed E-state index contributed by atoms with van der Waals surface area (Å²) in [5.41, 5.74) is 1.88. The number of nitrogens with one attached hydrogen (secondary N) is 1. The molecule has 2 aliphatic rings. The maximum Gasteiger partial charge on any atom is 0.249 e. The van der Waals surface area contributed by atoms with Crippen LogP contribution in [0.1, 0.15) is 50.4 Å². The number of methoxy groups -OCH3 is 1. The first-order chi connectivity index (χ1) is 12.1. The zero-order valence-corrected chi connectivity index (χ0v) is 15.2. The first-order valence-electron chi connectivity index (χ1n) is 9.27. The van der Waals surface area contributed by atoms with E-state index >= 15 is 0 Å². The van der Waals surface area contributed by atoms with Crippen LogP contribution in [0.15, 0.2) is 6.07 Å². The fraction of sp³-hybridized carbons (Fsp3) is 0.722. The lowest BCUT2D eigenvalue weighted by Crippen LogP contribution is -2.38. The zero-order chi connectivity index (χ0) is 17.8. The minimum atomic E-state index is -0.420. The number of hydrogen-bond acceptors (Lipinski definition) is 4. The van der Waals surface area contributed by atoms with Gasteiger partial charge in [0, 0.05) is 26.1 Å². The molecule has 1 atom stereocenters. The molecule has 7 nitrogen and oxygen atoms in total. The van der Waals surface area contributed by atoms with E-state index in [1.807, 2.05) is 22.6 Å². The number of carbonyl (C=O) groups excluding carboxylic acids is 2. The molecule has 25 heavy (non-hydrogen) atoms. The van der Waals surface area contributed by atoms with Crippen molar-refractivity contribution < 1.29 is 14.3 Å². The second-order valence-corrected chi connectivity index (χ2v) is 6.94. The maximum absolute atomic E-state index is 12.5. The number of carbonyl (C=O) groups is 2. The van der Waals surface area contributed by atoms with Crippen molar-refractivity contribution in [3.63, 3.8) is 0 Å². The lowest BCUT2D eigenvalue weighted by atomic mass is 9.84. The van der Waals surface area contributed by atoms with Gasteiger partial charge in [0.2, 0.25) is 11.8 Å². The average molecular weight is 348 g/mol. The predicted molar refractivity (Wildman–Crippen MR) is 92.5 cm³/mol. The average Bonchev–Trinajstić information content (AvgIpc) is 2.82. The summed E-state index contributed by atoms with van der Waals surface area (Å²) in [6, 6.07) is 2.00. The minimum absolute atomic E-state index is 0.116. The normalized spacial score (nSPS) is 18.9. The Morgan fingerprint density at radius 3 is 2.80 bits per heavy atom. The van der Waals surface area contributed by atoms with Crippen molar-refractivity contribution in [2.24, 2.45) is 5.92 Å². The van der Waals surface area contributed by atoms with Crippen LogP contribution in [0.25, 0.3) is 0 Å². The van der Waals surface area contributed by atoms with Gasteiger partial charge in [-0.3, -0.25) is 14.3 Å². The molecule has 138 valence electrons. The van der Waals surface area contributed by atoms with E-state index in [4.69, 9.17) is 4.74 Å². The number of aryl methyl sites for hydroxylation is 1. The lowest BCUT2D eigenvalue weighted by Gasteiger charge is -2.30. The van der Waals surface area contributed by atoms with Gasteiger partial charge in [-0.1, -0.05) is 13.3 Å². The van der Waals surface area contributed by atoms with Crippen LogP contribution in [0.2, 0.25) is 0 Å². The predicted octanol–water partition coefficient (Wildman–Crippen LogP) is 1.46. The molecule has 2 heterocycles. The summed E-state index contributed by atoms with van der Waals surface area (Å²) in [5, 5.41) is 7.47. The summed E-state index contributed by atoms with van der Waals surface area (Å²) in [5.74, 6) is 0.407. The summed E-state index contributed by atoms with van der Waals surface area (Å²) in [6.07, 6.45) is 4.37. The van der Waals surface area contributed by atoms with Gasteiger partial charge in [-0.05, 0) is 31.7 Å². The largest absolute Gasteiger partial charge is 0.372 e. The third-order valence-electron chi connectivity index (χ3n) is 5.22. The van der Waals surface area contributed by atoms with Crippen molar-refractivity contribution in [2.45, 2.75) is 64.8 Å². The Hall–Kier alpha value is -1.89. The third kappa shape index (κ3) is 4.03. The van der Waals surface area contributed by atoms with Gasteiger partial charge < -0.3 is 15.0 Å². The molecule has 1 aromatic rings. The van der Waals surface area contributed by atoms with Gasteiger partial charge in [-0.15, -0.1) is 0 Å². The van der Waals surface area contributed by atoms with E-state index < -0.39 is 6.10 Å². The van der Waals surface area contributed by atoms with Gasteiger partial charge >= 0.3 is 0 Å². The fourth-order valence-electron chi connectivity index (χ4n) is 3.46. The lowest BCUT2D eigenvalue weighted by molar-refractivity contribution is -0.138. The van der Waals surface area contributed by atoms with E-state index in [1.165, 1.54) is 6.42 Å². The van der Waals surface area contributed by atoms with E-state index in [1.54, 1.807) is 7.11 Å². The van der Waals surface area contributed by atoms with E-state index in [-0.39, 0.29) is 11.8 Å². The SMILES string of the molecule is CC[C@H](OC)C(=O)NCc1cc2n(n1)CCCN(C(=O)C1CCC1)C2. The molecule has 1 fully saturated rings. The van der Waals surface area contributed by atoms with Gasteiger partial charge in [0.25, 0.3) is 0 Å². The van der Waals surface area contributed by atoms with Crippen molar-refractivity contribution in [2.75, 3.05) is 13.7 Å². The van der Waals surface area contributed by atoms with Crippen LogP contribution in [0.4, 0.5) is 0 Å². The Labute approximate surface area is 148 Å². The molecule has 0 aromatic carbocycles. The molecule has 1 aromatic heterocycles. The van der Waals surface area contributed by atoms with Crippen LogP contribution in [0.3, 0.4) is 0 Å². The highest BCUT2D eigenvalue weighted by atomic mass is 16.5. The molecule has 0 saturated heterocycles. The third-order valence-corrected chi connectivity index (χ3v) is 5.22. The van der Waals surface area contributed by atoms with Crippen molar-refractivity contribution in [1.82, 2.24) is 20.0 Å². The number of ether oxygens (including phenoxy) is 1. The summed E-state index contributed by atoms with van der Waals surface area (Å²) < 4.78 is 7.12. The molecule has 0 spiro atoms. The number of amides is 2. The molecular formula is C18H28N4O3. The fourth-order valence-corrected chi connectivity index (χ4v) is 3.46. The van der Waals surface area contributed by atoms with Crippen molar-refractivity contribution in [3.8, 4) is 0 Å². The molecule has 0 radical (unpaired) electrons. The number of nitrogens with zero attached hydrogens (tertiary/aromatic N) is 3. The van der Waals surface area contributed by atoms with E-state index in [0.29, 0.717) is 25.4 Å². The quantitative estimate of drug-likeness (QED) is 0.844. The first kappa shape index (κ1) is 17.9. The van der Waals surface area contributed by atoms with Crippen LogP contribution < -0.4 is 5.32 Å². The monoisotopic (exact) mass is 348 g/mol.